The minimum atomic E-state index is -4.63. The largest absolute Gasteiger partial charge is 0.416 e. The number of rotatable bonds is 7. The lowest BCUT2D eigenvalue weighted by molar-refractivity contribution is -0.137. The topological polar surface area (TPSA) is 129 Å². The fourth-order valence-corrected chi connectivity index (χ4v) is 5.65. The Balaban J connectivity index is 1.43. The van der Waals surface area contributed by atoms with Gasteiger partial charge in [-0.1, -0.05) is 6.07 Å². The number of carbonyl (C=O) groups excluding carboxylic acids is 3. The summed E-state index contributed by atoms with van der Waals surface area (Å²) in [7, 11) is -3.69. The van der Waals surface area contributed by atoms with E-state index in [9.17, 15) is 36.0 Å². The molecule has 1 aromatic heterocycles. The molecule has 1 atom stereocenters. The van der Waals surface area contributed by atoms with E-state index in [1.807, 2.05) is 4.90 Å². The van der Waals surface area contributed by atoms with E-state index in [-0.39, 0.29) is 45.7 Å². The number of sulfone groups is 1. The van der Waals surface area contributed by atoms with Crippen molar-refractivity contribution in [3.8, 4) is 0 Å². The Hall–Kier alpha value is -3.68. The summed E-state index contributed by atoms with van der Waals surface area (Å²) in [4.78, 5) is 44.7. The Labute approximate surface area is 236 Å². The fraction of sp³-hybridized carbons (Fsp3) is 0.481. The summed E-state index contributed by atoms with van der Waals surface area (Å²) >= 11 is 0. The number of likely N-dealkylation sites (tertiary alicyclic amines) is 1. The van der Waals surface area contributed by atoms with Gasteiger partial charge in [-0.15, -0.1) is 0 Å². The van der Waals surface area contributed by atoms with Gasteiger partial charge in [0, 0.05) is 63.6 Å². The molecule has 2 aromatic rings. The van der Waals surface area contributed by atoms with Gasteiger partial charge in [-0.25, -0.2) is 13.4 Å². The van der Waals surface area contributed by atoms with Gasteiger partial charge in [-0.05, 0) is 49.4 Å². The van der Waals surface area contributed by atoms with Crippen molar-refractivity contribution in [2.45, 2.75) is 49.7 Å². The molecule has 1 aromatic carbocycles. The quantitative estimate of drug-likeness (QED) is 0.504. The summed E-state index contributed by atoms with van der Waals surface area (Å²) in [6.07, 6.45) is -0.162. The summed E-state index contributed by atoms with van der Waals surface area (Å²) in [6, 6.07) is 5.12. The molecule has 2 fully saturated rings. The average Bonchev–Trinajstić information content (AvgIpc) is 3.37. The van der Waals surface area contributed by atoms with E-state index in [0.717, 1.165) is 24.5 Å². The number of hydrogen-bond acceptors (Lipinski definition) is 7. The average molecular weight is 596 g/mol. The van der Waals surface area contributed by atoms with Crippen LogP contribution in [0, 0.1) is 5.92 Å². The van der Waals surface area contributed by atoms with E-state index in [1.165, 1.54) is 25.3 Å². The van der Waals surface area contributed by atoms with Crippen LogP contribution in [0.4, 0.5) is 24.7 Å². The van der Waals surface area contributed by atoms with Crippen molar-refractivity contribution in [1.82, 2.24) is 15.2 Å². The highest BCUT2D eigenvalue weighted by Gasteiger charge is 2.32. The van der Waals surface area contributed by atoms with Gasteiger partial charge in [0.05, 0.1) is 16.1 Å². The third-order valence-corrected chi connectivity index (χ3v) is 8.44. The Kier molecular flexibility index (Phi) is 8.90. The summed E-state index contributed by atoms with van der Waals surface area (Å²) in [5.41, 5.74) is -1.17. The van der Waals surface area contributed by atoms with E-state index >= 15 is 0 Å². The summed E-state index contributed by atoms with van der Waals surface area (Å²) in [5, 5.41) is 5.54. The molecule has 2 N–H and O–H groups in total. The zero-order valence-electron chi connectivity index (χ0n) is 22.7. The molecule has 0 radical (unpaired) electrons. The molecule has 2 saturated heterocycles. The van der Waals surface area contributed by atoms with Gasteiger partial charge < -0.3 is 20.4 Å². The Morgan fingerprint density at radius 3 is 2.39 bits per heavy atom. The number of halogens is 3. The molecule has 0 saturated carbocycles. The van der Waals surface area contributed by atoms with E-state index in [2.05, 4.69) is 15.6 Å². The lowest BCUT2D eigenvalue weighted by Gasteiger charge is -2.33. The van der Waals surface area contributed by atoms with Crippen LogP contribution in [0.1, 0.15) is 48.5 Å². The first kappa shape index (κ1) is 30.3. The molecule has 14 heteroatoms. The first-order chi connectivity index (χ1) is 19.2. The van der Waals surface area contributed by atoms with Gasteiger partial charge in [0.15, 0.2) is 15.7 Å². The number of hydrogen-bond donors (Lipinski definition) is 2. The number of pyridine rings is 1. The van der Waals surface area contributed by atoms with Crippen molar-refractivity contribution in [2.75, 3.05) is 42.7 Å². The summed E-state index contributed by atoms with van der Waals surface area (Å²) in [5.74, 6) is -0.557. The lowest BCUT2D eigenvalue weighted by Crippen LogP contribution is -2.40. The van der Waals surface area contributed by atoms with Crippen LogP contribution in [0.25, 0.3) is 0 Å². The first-order valence-corrected chi connectivity index (χ1v) is 15.1. The normalized spacial score (nSPS) is 18.3. The Bertz CT molecular complexity index is 1420. The maximum atomic E-state index is 13.2. The number of piperidine rings is 1. The number of benzene rings is 1. The van der Waals surface area contributed by atoms with Crippen LogP contribution in [-0.4, -0.2) is 74.5 Å². The van der Waals surface area contributed by atoms with Crippen molar-refractivity contribution >= 4 is 39.1 Å². The number of carbonyl (C=O) groups is 3. The van der Waals surface area contributed by atoms with Crippen LogP contribution in [-0.2, 0) is 25.6 Å². The molecule has 2 aliphatic heterocycles. The van der Waals surface area contributed by atoms with Crippen molar-refractivity contribution in [3.05, 3.63) is 47.7 Å². The fourth-order valence-electron chi connectivity index (χ4n) is 5.08. The third-order valence-electron chi connectivity index (χ3n) is 7.36. The van der Waals surface area contributed by atoms with Crippen LogP contribution in [0.3, 0.4) is 0 Å². The second-order valence-corrected chi connectivity index (χ2v) is 12.5. The lowest BCUT2D eigenvalue weighted by atomic mass is 9.93. The van der Waals surface area contributed by atoms with Gasteiger partial charge in [-0.3, -0.25) is 14.4 Å². The van der Waals surface area contributed by atoms with Crippen LogP contribution in [0.15, 0.2) is 41.4 Å². The molecule has 3 amide bonds. The van der Waals surface area contributed by atoms with Crippen molar-refractivity contribution in [2.24, 2.45) is 5.92 Å². The zero-order valence-corrected chi connectivity index (χ0v) is 23.5. The maximum Gasteiger partial charge on any atom is 0.416 e. The van der Waals surface area contributed by atoms with Crippen LogP contribution in [0.5, 0.6) is 0 Å². The molecule has 10 nitrogen and oxygen atoms in total. The smallest absolute Gasteiger partial charge is 0.355 e. The molecule has 4 rings (SSSR count). The van der Waals surface area contributed by atoms with Crippen LogP contribution < -0.4 is 15.5 Å². The Morgan fingerprint density at radius 2 is 1.78 bits per heavy atom. The highest BCUT2D eigenvalue weighted by Crippen LogP contribution is 2.32. The second kappa shape index (κ2) is 12.0. The third kappa shape index (κ3) is 7.75. The molecule has 2 aliphatic rings. The van der Waals surface area contributed by atoms with Gasteiger partial charge in [-0.2, -0.15) is 13.2 Å². The monoisotopic (exact) mass is 595 g/mol. The van der Waals surface area contributed by atoms with E-state index in [1.54, 1.807) is 4.90 Å². The van der Waals surface area contributed by atoms with Crippen molar-refractivity contribution in [1.29, 1.82) is 0 Å². The molecule has 41 heavy (non-hydrogen) atoms. The molecule has 222 valence electrons. The van der Waals surface area contributed by atoms with Crippen molar-refractivity contribution in [3.63, 3.8) is 0 Å². The molecular weight excluding hydrogens is 563 g/mol. The van der Waals surface area contributed by atoms with Crippen molar-refractivity contribution < 1.29 is 36.0 Å². The van der Waals surface area contributed by atoms with E-state index in [0.29, 0.717) is 51.9 Å². The highest BCUT2D eigenvalue weighted by atomic mass is 32.2. The first-order valence-electron chi connectivity index (χ1n) is 13.2. The van der Waals surface area contributed by atoms with Gasteiger partial charge in [0.25, 0.3) is 5.91 Å². The summed E-state index contributed by atoms with van der Waals surface area (Å²) in [6.45, 7) is 3.57. The minimum Gasteiger partial charge on any atom is -0.355 e. The highest BCUT2D eigenvalue weighted by molar-refractivity contribution is 7.90. The number of aromatic nitrogens is 1. The molecule has 0 aliphatic carbocycles. The predicted octanol–water partition coefficient (Wildman–Crippen LogP) is 3.10. The van der Waals surface area contributed by atoms with E-state index < -0.39 is 27.5 Å². The predicted molar refractivity (Wildman–Crippen MR) is 145 cm³/mol. The SMILES string of the molecule is CC(=O)N1CC[C@H](NC(=O)CC2CCN(c3ncc(S(C)(=O)=O)cc3NC(=O)c3cccc(C(F)(F)F)c3)CC2)C1. The summed E-state index contributed by atoms with van der Waals surface area (Å²) < 4.78 is 63.8. The molecule has 0 bridgehead atoms. The molecule has 3 heterocycles. The van der Waals surface area contributed by atoms with Crippen LogP contribution >= 0.6 is 0 Å². The maximum absolute atomic E-state index is 13.2. The number of alkyl halides is 3. The number of nitrogens with zero attached hydrogens (tertiary/aromatic N) is 3. The van der Waals surface area contributed by atoms with Gasteiger partial charge in [0.1, 0.15) is 0 Å². The number of anilines is 2. The van der Waals surface area contributed by atoms with E-state index in [4.69, 9.17) is 0 Å². The zero-order chi connectivity index (χ0) is 29.9. The standard InChI is InChI=1S/C27H32F3N5O5S/c1-17(36)35-11-8-21(16-35)32-24(37)12-18-6-9-34(10-7-18)25-23(14-22(15-31-25)41(2,39)40)33-26(38)19-4-3-5-20(13-19)27(28,29)30/h3-5,13-15,18,21H,6-12,16H2,1-2H3,(H,32,37)(H,33,38)/t21-/m0/s1. The van der Waals surface area contributed by atoms with Gasteiger partial charge in [0.2, 0.25) is 11.8 Å². The Morgan fingerprint density at radius 1 is 1.07 bits per heavy atom. The molecule has 0 unspecified atom stereocenters. The second-order valence-electron chi connectivity index (χ2n) is 10.5. The van der Waals surface area contributed by atoms with Gasteiger partial charge >= 0.3 is 6.18 Å². The number of nitrogens with one attached hydrogen (secondary N) is 2. The number of amides is 3. The molecule has 0 spiro atoms. The van der Waals surface area contributed by atoms with Crippen LogP contribution in [0.2, 0.25) is 0 Å². The minimum absolute atomic E-state index is 0.0160. The molecular formula is C27H32F3N5O5S.